The molecule has 0 aromatic carbocycles. The van der Waals surface area contributed by atoms with Gasteiger partial charge in [0.15, 0.2) is 0 Å². The molecule has 0 radical (unpaired) electrons. The summed E-state index contributed by atoms with van der Waals surface area (Å²) in [6, 6.07) is 0. The van der Waals surface area contributed by atoms with E-state index in [1.807, 2.05) is 6.92 Å². The average molecular weight is 292 g/mol. The molecule has 1 fully saturated rings. The molecule has 21 heavy (non-hydrogen) atoms. The highest BCUT2D eigenvalue weighted by atomic mass is 16.7. The summed E-state index contributed by atoms with van der Waals surface area (Å²) >= 11 is 0. The van der Waals surface area contributed by atoms with Crippen LogP contribution in [-0.4, -0.2) is 30.7 Å². The van der Waals surface area contributed by atoms with E-state index in [9.17, 15) is 0 Å². The first-order chi connectivity index (χ1) is 9.61. The van der Waals surface area contributed by atoms with Crippen LogP contribution in [-0.2, 0) is 9.31 Å². The third-order valence-electron chi connectivity index (χ3n) is 5.28. The molecule has 1 atom stereocenters. The zero-order chi connectivity index (χ0) is 15.9. The second kappa shape index (κ2) is 5.43. The number of rotatable bonds is 3. The van der Waals surface area contributed by atoms with Gasteiger partial charge in [0.25, 0.3) is 0 Å². The highest BCUT2D eigenvalue weighted by molar-refractivity contribution is 6.54. The summed E-state index contributed by atoms with van der Waals surface area (Å²) in [5.41, 5.74) is 6.81. The number of hydrogen-bond donors (Lipinski definition) is 1. The summed E-state index contributed by atoms with van der Waals surface area (Å²) in [5, 5.41) is 0. The number of amidine groups is 1. The van der Waals surface area contributed by atoms with Gasteiger partial charge in [-0.05, 0) is 59.4 Å². The van der Waals surface area contributed by atoms with E-state index < -0.39 is 0 Å². The molecule has 5 heteroatoms. The number of nitrogens with two attached hydrogens (primary N) is 1. The highest BCUT2D eigenvalue weighted by Crippen LogP contribution is 2.42. The molecule has 0 bridgehead atoms. The highest BCUT2D eigenvalue weighted by Gasteiger charge is 2.52. The summed E-state index contributed by atoms with van der Waals surface area (Å²) in [5.74, 6) is 0.772. The summed E-state index contributed by atoms with van der Waals surface area (Å²) in [4.78, 5) is 4.39. The number of allylic oxidation sites excluding steroid dienone is 2. The van der Waals surface area contributed by atoms with Crippen LogP contribution in [0.1, 0.15) is 60.8 Å². The van der Waals surface area contributed by atoms with Crippen LogP contribution in [0.3, 0.4) is 0 Å². The Labute approximate surface area is 129 Å². The molecule has 0 spiro atoms. The van der Waals surface area contributed by atoms with Gasteiger partial charge in [-0.3, -0.25) is 4.99 Å². The maximum Gasteiger partial charge on any atom is 0.490 e. The number of aliphatic imine (C=N–C) groups is 1. The molecule has 0 amide bonds. The fourth-order valence-corrected chi connectivity index (χ4v) is 2.78. The zero-order valence-corrected chi connectivity index (χ0v) is 14.3. The Morgan fingerprint density at radius 3 is 2.24 bits per heavy atom. The van der Waals surface area contributed by atoms with Crippen LogP contribution in [0, 0.1) is 5.41 Å². The molecule has 0 aromatic rings. The Morgan fingerprint density at radius 1 is 1.24 bits per heavy atom. The Hall–Kier alpha value is -0.805. The van der Waals surface area contributed by atoms with Gasteiger partial charge in [-0.2, -0.15) is 0 Å². The van der Waals surface area contributed by atoms with Gasteiger partial charge < -0.3 is 15.0 Å². The molecular weight excluding hydrogens is 263 g/mol. The van der Waals surface area contributed by atoms with Crippen LogP contribution in [0.25, 0.3) is 0 Å². The molecule has 0 saturated carbocycles. The van der Waals surface area contributed by atoms with Crippen molar-refractivity contribution in [3.8, 4) is 0 Å². The van der Waals surface area contributed by atoms with Crippen molar-refractivity contribution in [3.05, 3.63) is 11.5 Å². The van der Waals surface area contributed by atoms with Crippen molar-refractivity contribution in [3.63, 3.8) is 0 Å². The Balaban J connectivity index is 2.10. The monoisotopic (exact) mass is 292 g/mol. The second-order valence-corrected chi connectivity index (χ2v) is 7.49. The topological polar surface area (TPSA) is 56.8 Å². The van der Waals surface area contributed by atoms with Crippen molar-refractivity contribution in [1.82, 2.24) is 0 Å². The first kappa shape index (κ1) is 16.6. The van der Waals surface area contributed by atoms with E-state index in [-0.39, 0.29) is 23.7 Å². The van der Waals surface area contributed by atoms with Crippen LogP contribution >= 0.6 is 0 Å². The quantitative estimate of drug-likeness (QED) is 0.494. The first-order valence-electron chi connectivity index (χ1n) is 7.96. The van der Waals surface area contributed by atoms with Gasteiger partial charge in [0.2, 0.25) is 0 Å². The van der Waals surface area contributed by atoms with Crippen molar-refractivity contribution < 1.29 is 9.31 Å². The van der Waals surface area contributed by atoms with Gasteiger partial charge in [0, 0.05) is 12.0 Å². The van der Waals surface area contributed by atoms with E-state index in [0.717, 1.165) is 31.6 Å². The standard InChI is InChI=1S/C16H29BN2O2/c1-7-19-13(18)16(6)10-8-12(9-11-16)17-20-14(2,3)15(4,5)21-17/h8H,7,9-11H2,1-6H3,(H2,18,19). The molecule has 1 unspecified atom stereocenters. The minimum atomic E-state index is -0.276. The third kappa shape index (κ3) is 3.04. The van der Waals surface area contributed by atoms with E-state index in [0.29, 0.717) is 0 Å². The van der Waals surface area contributed by atoms with Crippen LogP contribution in [0.4, 0.5) is 0 Å². The molecule has 2 rings (SSSR count). The van der Waals surface area contributed by atoms with Crippen molar-refractivity contribution in [2.75, 3.05) is 6.54 Å². The van der Waals surface area contributed by atoms with Gasteiger partial charge in [-0.15, -0.1) is 0 Å². The fourth-order valence-electron chi connectivity index (χ4n) is 2.78. The summed E-state index contributed by atoms with van der Waals surface area (Å²) in [6.07, 6.45) is 5.09. The number of nitrogens with zero attached hydrogens (tertiary/aromatic N) is 1. The van der Waals surface area contributed by atoms with E-state index >= 15 is 0 Å². The summed E-state index contributed by atoms with van der Waals surface area (Å²) in [6.45, 7) is 13.3. The normalized spacial score (nSPS) is 32.2. The molecule has 1 saturated heterocycles. The molecule has 0 aromatic heterocycles. The SMILES string of the molecule is CCN=C(N)C1(C)CC=C(B2OC(C)(C)C(C)(C)O2)CC1. The molecule has 118 valence electrons. The lowest BCUT2D eigenvalue weighted by molar-refractivity contribution is 0.00578. The van der Waals surface area contributed by atoms with Crippen molar-refractivity contribution >= 4 is 13.0 Å². The molecule has 1 aliphatic heterocycles. The minimum Gasteiger partial charge on any atom is -0.400 e. The van der Waals surface area contributed by atoms with E-state index in [4.69, 9.17) is 15.0 Å². The lowest BCUT2D eigenvalue weighted by Gasteiger charge is -2.32. The number of hydrogen-bond acceptors (Lipinski definition) is 3. The van der Waals surface area contributed by atoms with Gasteiger partial charge >= 0.3 is 7.12 Å². The molecular formula is C16H29BN2O2. The Bertz CT molecular complexity index is 455. The Morgan fingerprint density at radius 2 is 1.81 bits per heavy atom. The smallest absolute Gasteiger partial charge is 0.400 e. The predicted octanol–water partition coefficient (Wildman–Crippen LogP) is 3.11. The lowest BCUT2D eigenvalue weighted by atomic mass is 9.66. The zero-order valence-electron chi connectivity index (χ0n) is 14.3. The van der Waals surface area contributed by atoms with Gasteiger partial charge in [0.1, 0.15) is 0 Å². The maximum atomic E-state index is 6.14. The van der Waals surface area contributed by atoms with E-state index in [2.05, 4.69) is 45.7 Å². The van der Waals surface area contributed by atoms with Crippen LogP contribution < -0.4 is 5.73 Å². The third-order valence-corrected chi connectivity index (χ3v) is 5.28. The summed E-state index contributed by atoms with van der Waals surface area (Å²) in [7, 11) is -0.219. The lowest BCUT2D eigenvalue weighted by Crippen LogP contribution is -2.41. The van der Waals surface area contributed by atoms with Crippen molar-refractivity contribution in [1.29, 1.82) is 0 Å². The van der Waals surface area contributed by atoms with Crippen molar-refractivity contribution in [2.45, 2.75) is 72.0 Å². The van der Waals surface area contributed by atoms with E-state index in [1.54, 1.807) is 0 Å². The Kier molecular flexibility index (Phi) is 4.29. The fraction of sp³-hybridized carbons (Fsp3) is 0.812. The van der Waals surface area contributed by atoms with Gasteiger partial charge in [-0.1, -0.05) is 13.0 Å². The van der Waals surface area contributed by atoms with Gasteiger partial charge in [0.05, 0.1) is 17.0 Å². The molecule has 2 N–H and O–H groups in total. The van der Waals surface area contributed by atoms with Crippen LogP contribution in [0.15, 0.2) is 16.5 Å². The molecule has 1 aliphatic carbocycles. The maximum absolute atomic E-state index is 6.14. The van der Waals surface area contributed by atoms with Gasteiger partial charge in [-0.25, -0.2) is 0 Å². The molecule has 1 heterocycles. The first-order valence-corrected chi connectivity index (χ1v) is 7.96. The molecule has 4 nitrogen and oxygen atoms in total. The average Bonchev–Trinajstić information content (AvgIpc) is 2.59. The second-order valence-electron chi connectivity index (χ2n) is 7.49. The van der Waals surface area contributed by atoms with E-state index in [1.165, 1.54) is 5.47 Å². The summed E-state index contributed by atoms with van der Waals surface area (Å²) < 4.78 is 12.3. The van der Waals surface area contributed by atoms with Crippen LogP contribution in [0.2, 0.25) is 0 Å². The van der Waals surface area contributed by atoms with Crippen molar-refractivity contribution in [2.24, 2.45) is 16.1 Å². The largest absolute Gasteiger partial charge is 0.490 e. The minimum absolute atomic E-state index is 0.0247. The molecule has 2 aliphatic rings. The van der Waals surface area contributed by atoms with Crippen LogP contribution in [0.5, 0.6) is 0 Å². The predicted molar refractivity (Wildman–Crippen MR) is 88.3 cm³/mol.